The van der Waals surface area contributed by atoms with Crippen molar-refractivity contribution in [3.05, 3.63) is 77.1 Å². The Balaban J connectivity index is 1.71. The number of benzene rings is 3. The van der Waals surface area contributed by atoms with E-state index in [1.54, 1.807) is 6.07 Å². The molecule has 1 heterocycles. The van der Waals surface area contributed by atoms with E-state index < -0.39 is 27.6 Å². The van der Waals surface area contributed by atoms with Gasteiger partial charge in [-0.2, -0.15) is 4.31 Å². The van der Waals surface area contributed by atoms with Gasteiger partial charge in [0.2, 0.25) is 10.0 Å². The SMILES string of the molecule is O=C(O)Cc1cc(C(=O)c2ccc(S(=O)(=O)N3CCNCC3)cc2)c2cc(F)ccc2c1. The van der Waals surface area contributed by atoms with Gasteiger partial charge < -0.3 is 10.4 Å². The summed E-state index contributed by atoms with van der Waals surface area (Å²) in [6.07, 6.45) is -0.282. The summed E-state index contributed by atoms with van der Waals surface area (Å²) in [4.78, 5) is 24.5. The maximum absolute atomic E-state index is 13.9. The van der Waals surface area contributed by atoms with Crippen LogP contribution in [0.25, 0.3) is 10.8 Å². The van der Waals surface area contributed by atoms with Crippen LogP contribution in [0.15, 0.2) is 59.5 Å². The lowest BCUT2D eigenvalue weighted by atomic mass is 9.94. The van der Waals surface area contributed by atoms with E-state index >= 15 is 0 Å². The molecule has 0 aromatic heterocycles. The lowest BCUT2D eigenvalue weighted by Crippen LogP contribution is -2.46. The van der Waals surface area contributed by atoms with Gasteiger partial charge in [-0.15, -0.1) is 0 Å². The number of rotatable bonds is 6. The number of fused-ring (bicyclic) bond motifs is 1. The van der Waals surface area contributed by atoms with Gasteiger partial charge in [-0.3, -0.25) is 9.59 Å². The smallest absolute Gasteiger partial charge is 0.307 e. The molecule has 0 atom stereocenters. The van der Waals surface area contributed by atoms with Crippen LogP contribution in [-0.4, -0.2) is 55.8 Å². The molecular formula is C23H21FN2O5S. The van der Waals surface area contributed by atoms with E-state index in [9.17, 15) is 22.4 Å². The van der Waals surface area contributed by atoms with Crippen molar-refractivity contribution in [1.29, 1.82) is 0 Å². The Morgan fingerprint density at radius 3 is 2.34 bits per heavy atom. The Morgan fingerprint density at radius 1 is 1.00 bits per heavy atom. The Kier molecular flexibility index (Phi) is 6.05. The number of hydrogen-bond donors (Lipinski definition) is 2. The van der Waals surface area contributed by atoms with Gasteiger partial charge in [-0.1, -0.05) is 12.1 Å². The van der Waals surface area contributed by atoms with Crippen molar-refractivity contribution in [2.45, 2.75) is 11.3 Å². The molecule has 2 N–H and O–H groups in total. The number of carbonyl (C=O) groups excluding carboxylic acids is 1. The van der Waals surface area contributed by atoms with Crippen molar-refractivity contribution in [3.63, 3.8) is 0 Å². The first kappa shape index (κ1) is 22.1. The number of aliphatic carboxylic acids is 1. The van der Waals surface area contributed by atoms with Gasteiger partial charge in [-0.05, 0) is 58.8 Å². The number of ketones is 1. The molecule has 0 amide bonds. The van der Waals surface area contributed by atoms with Crippen LogP contribution < -0.4 is 5.32 Å². The fraction of sp³-hybridized carbons (Fsp3) is 0.217. The molecule has 3 aromatic carbocycles. The number of nitrogens with one attached hydrogen (secondary N) is 1. The third kappa shape index (κ3) is 4.40. The number of sulfonamides is 1. The molecule has 0 bridgehead atoms. The molecule has 9 heteroatoms. The molecule has 1 aliphatic heterocycles. The van der Waals surface area contributed by atoms with Gasteiger partial charge >= 0.3 is 5.97 Å². The molecule has 0 spiro atoms. The molecule has 166 valence electrons. The summed E-state index contributed by atoms with van der Waals surface area (Å²) in [5.74, 6) is -2.01. The van der Waals surface area contributed by atoms with Gasteiger partial charge in [0.1, 0.15) is 5.82 Å². The number of carboxylic acid groups (broad SMARTS) is 1. The number of piperazine rings is 1. The molecule has 4 rings (SSSR count). The molecule has 1 fully saturated rings. The maximum Gasteiger partial charge on any atom is 0.307 e. The van der Waals surface area contributed by atoms with Crippen LogP contribution in [0.3, 0.4) is 0 Å². The molecule has 32 heavy (non-hydrogen) atoms. The molecule has 1 saturated heterocycles. The van der Waals surface area contributed by atoms with E-state index in [4.69, 9.17) is 5.11 Å². The molecule has 0 radical (unpaired) electrons. The van der Waals surface area contributed by atoms with Crippen molar-refractivity contribution in [1.82, 2.24) is 9.62 Å². The summed E-state index contributed by atoms with van der Waals surface area (Å²) in [5.41, 5.74) is 0.802. The molecule has 1 aliphatic rings. The van der Waals surface area contributed by atoms with Crippen LogP contribution in [-0.2, 0) is 21.2 Å². The highest BCUT2D eigenvalue weighted by Gasteiger charge is 2.26. The second-order valence-electron chi connectivity index (χ2n) is 7.59. The first-order valence-electron chi connectivity index (χ1n) is 10.1. The minimum absolute atomic E-state index is 0.0893. The summed E-state index contributed by atoms with van der Waals surface area (Å²) < 4.78 is 40.9. The zero-order valence-corrected chi connectivity index (χ0v) is 17.9. The summed E-state index contributed by atoms with van der Waals surface area (Å²) >= 11 is 0. The predicted octanol–water partition coefficient (Wildman–Crippen LogP) is 2.43. The average Bonchev–Trinajstić information content (AvgIpc) is 2.78. The minimum Gasteiger partial charge on any atom is -0.481 e. The fourth-order valence-electron chi connectivity index (χ4n) is 3.82. The normalized spacial score (nSPS) is 15.0. The topological polar surface area (TPSA) is 104 Å². The van der Waals surface area contributed by atoms with Crippen molar-refractivity contribution in [2.75, 3.05) is 26.2 Å². The fourth-order valence-corrected chi connectivity index (χ4v) is 5.27. The second kappa shape index (κ2) is 8.78. The third-order valence-electron chi connectivity index (χ3n) is 5.41. The number of halogens is 1. The van der Waals surface area contributed by atoms with E-state index in [1.807, 2.05) is 0 Å². The Labute approximate surface area is 184 Å². The number of carboxylic acids is 1. The summed E-state index contributed by atoms with van der Waals surface area (Å²) in [7, 11) is -3.66. The summed E-state index contributed by atoms with van der Waals surface area (Å²) in [6, 6.07) is 12.7. The second-order valence-corrected chi connectivity index (χ2v) is 9.52. The number of hydrogen-bond acceptors (Lipinski definition) is 5. The van der Waals surface area contributed by atoms with Crippen LogP contribution in [0.5, 0.6) is 0 Å². The number of carbonyl (C=O) groups is 2. The standard InChI is InChI=1S/C23H21FN2O5S/c24-18-4-1-17-11-15(13-22(27)28)12-21(20(17)14-18)23(29)16-2-5-19(6-3-16)32(30,31)26-9-7-25-8-10-26/h1-6,11-12,14,25H,7-10,13H2,(H,27,28). The first-order valence-corrected chi connectivity index (χ1v) is 11.5. The van der Waals surface area contributed by atoms with E-state index in [-0.39, 0.29) is 22.4 Å². The summed E-state index contributed by atoms with van der Waals surface area (Å²) in [5, 5.41) is 13.1. The van der Waals surface area contributed by atoms with Crippen LogP contribution in [0.2, 0.25) is 0 Å². The molecule has 0 saturated carbocycles. The van der Waals surface area contributed by atoms with Gasteiger partial charge in [0.25, 0.3) is 0 Å². The van der Waals surface area contributed by atoms with E-state index in [0.717, 1.165) is 0 Å². The van der Waals surface area contributed by atoms with Crippen molar-refractivity contribution in [3.8, 4) is 0 Å². The van der Waals surface area contributed by atoms with Crippen molar-refractivity contribution < 1.29 is 27.5 Å². The first-order chi connectivity index (χ1) is 15.3. The lowest BCUT2D eigenvalue weighted by molar-refractivity contribution is -0.136. The Hall–Kier alpha value is -3.14. The van der Waals surface area contributed by atoms with Crippen molar-refractivity contribution >= 4 is 32.5 Å². The summed E-state index contributed by atoms with van der Waals surface area (Å²) in [6.45, 7) is 1.89. The predicted molar refractivity (Wildman–Crippen MR) is 117 cm³/mol. The minimum atomic E-state index is -3.66. The quantitative estimate of drug-likeness (QED) is 0.552. The number of nitrogens with zero attached hydrogens (tertiary/aromatic N) is 1. The molecule has 7 nitrogen and oxygen atoms in total. The van der Waals surface area contributed by atoms with Crippen LogP contribution in [0.4, 0.5) is 4.39 Å². The van der Waals surface area contributed by atoms with Crippen molar-refractivity contribution in [2.24, 2.45) is 0 Å². The van der Waals surface area contributed by atoms with E-state index in [2.05, 4.69) is 5.32 Å². The highest BCUT2D eigenvalue weighted by Crippen LogP contribution is 2.26. The van der Waals surface area contributed by atoms with E-state index in [1.165, 1.54) is 52.8 Å². The van der Waals surface area contributed by atoms with Gasteiger partial charge in [0, 0.05) is 37.3 Å². The maximum atomic E-state index is 13.9. The highest BCUT2D eigenvalue weighted by molar-refractivity contribution is 7.89. The monoisotopic (exact) mass is 456 g/mol. The molecular weight excluding hydrogens is 435 g/mol. The third-order valence-corrected chi connectivity index (χ3v) is 7.32. The largest absolute Gasteiger partial charge is 0.481 e. The zero-order chi connectivity index (χ0) is 22.9. The van der Waals surface area contributed by atoms with Crippen LogP contribution in [0, 0.1) is 5.82 Å². The van der Waals surface area contributed by atoms with Crippen LogP contribution in [0.1, 0.15) is 21.5 Å². The highest BCUT2D eigenvalue weighted by atomic mass is 32.2. The lowest BCUT2D eigenvalue weighted by Gasteiger charge is -2.26. The van der Waals surface area contributed by atoms with E-state index in [0.29, 0.717) is 42.5 Å². The average molecular weight is 456 g/mol. The Morgan fingerprint density at radius 2 is 1.69 bits per heavy atom. The molecule has 3 aromatic rings. The van der Waals surface area contributed by atoms with Gasteiger partial charge in [0.15, 0.2) is 5.78 Å². The Bertz CT molecular complexity index is 1300. The zero-order valence-electron chi connectivity index (χ0n) is 17.0. The van der Waals surface area contributed by atoms with Gasteiger partial charge in [0.05, 0.1) is 11.3 Å². The molecule has 0 unspecified atom stereocenters. The van der Waals surface area contributed by atoms with Crippen LogP contribution >= 0.6 is 0 Å². The molecule has 0 aliphatic carbocycles. The van der Waals surface area contributed by atoms with Gasteiger partial charge in [-0.25, -0.2) is 12.8 Å².